The molecular weight excluding hydrogens is 196 g/mol. The second-order valence-electron chi connectivity index (χ2n) is 5.04. The molecule has 1 aliphatic carbocycles. The van der Waals surface area contributed by atoms with E-state index >= 15 is 0 Å². The highest BCUT2D eigenvalue weighted by Gasteiger charge is 2.19. The Morgan fingerprint density at radius 2 is 1.53 bits per heavy atom. The van der Waals surface area contributed by atoms with Crippen LogP contribution >= 0.6 is 0 Å². The van der Waals surface area contributed by atoms with Crippen molar-refractivity contribution in [2.45, 2.75) is 39.4 Å². The van der Waals surface area contributed by atoms with Crippen molar-refractivity contribution in [1.29, 1.82) is 0 Å². The third-order valence-electron chi connectivity index (χ3n) is 2.57. The molecular formula is C14H22Si. The van der Waals surface area contributed by atoms with Gasteiger partial charge >= 0.3 is 0 Å². The summed E-state index contributed by atoms with van der Waals surface area (Å²) in [7, 11) is -1.20. The van der Waals surface area contributed by atoms with E-state index in [4.69, 9.17) is 0 Å². The van der Waals surface area contributed by atoms with Gasteiger partial charge in [0.05, 0.1) is 8.07 Å². The van der Waals surface area contributed by atoms with Crippen molar-refractivity contribution in [3.63, 3.8) is 0 Å². The quantitative estimate of drug-likeness (QED) is 0.605. The molecule has 0 aromatic heterocycles. The molecule has 82 valence electrons. The maximum absolute atomic E-state index is 2.42. The van der Waals surface area contributed by atoms with Crippen LogP contribution in [-0.2, 0) is 0 Å². The summed E-state index contributed by atoms with van der Waals surface area (Å²) in [6, 6.07) is 0. The van der Waals surface area contributed by atoms with Crippen molar-refractivity contribution >= 4 is 8.07 Å². The average molecular weight is 218 g/mol. The minimum atomic E-state index is -1.20. The minimum absolute atomic E-state index is 1.20. The molecule has 0 atom stereocenters. The zero-order valence-electron chi connectivity index (χ0n) is 10.4. The van der Waals surface area contributed by atoms with Crippen LogP contribution in [0.15, 0.2) is 47.2 Å². The zero-order valence-corrected chi connectivity index (χ0v) is 11.4. The topological polar surface area (TPSA) is 0 Å². The molecule has 0 radical (unpaired) electrons. The predicted octanol–water partition coefficient (Wildman–Crippen LogP) is 4.64. The highest BCUT2D eigenvalue weighted by molar-refractivity contribution is 6.83. The molecule has 0 bridgehead atoms. The monoisotopic (exact) mass is 218 g/mol. The van der Waals surface area contributed by atoms with Gasteiger partial charge in [-0.3, -0.25) is 0 Å². The molecule has 0 saturated carbocycles. The van der Waals surface area contributed by atoms with Crippen molar-refractivity contribution in [3.8, 4) is 0 Å². The average Bonchev–Trinajstić information content (AvgIpc) is 2.07. The van der Waals surface area contributed by atoms with Gasteiger partial charge in [0, 0.05) is 0 Å². The first-order chi connectivity index (χ1) is 7.05. The smallest absolute Gasteiger partial charge is 0.0656 e. The first-order valence-corrected chi connectivity index (χ1v) is 9.30. The van der Waals surface area contributed by atoms with Gasteiger partial charge < -0.3 is 0 Å². The van der Waals surface area contributed by atoms with Crippen LogP contribution in [0.4, 0.5) is 0 Å². The minimum Gasteiger partial charge on any atom is -0.0656 e. The van der Waals surface area contributed by atoms with Crippen molar-refractivity contribution in [2.24, 2.45) is 0 Å². The van der Waals surface area contributed by atoms with Crippen LogP contribution in [0, 0.1) is 0 Å². The summed E-state index contributed by atoms with van der Waals surface area (Å²) in [5, 5.41) is 1.60. The second kappa shape index (κ2) is 5.31. The van der Waals surface area contributed by atoms with Crippen molar-refractivity contribution < 1.29 is 0 Å². The molecule has 0 nitrogen and oxygen atoms in total. The van der Waals surface area contributed by atoms with E-state index in [1.807, 2.05) is 0 Å². The van der Waals surface area contributed by atoms with E-state index in [0.717, 1.165) is 0 Å². The molecule has 15 heavy (non-hydrogen) atoms. The van der Waals surface area contributed by atoms with Crippen LogP contribution in [-0.4, -0.2) is 8.07 Å². The lowest BCUT2D eigenvalue weighted by Crippen LogP contribution is -2.24. The predicted molar refractivity (Wildman–Crippen MR) is 72.7 cm³/mol. The van der Waals surface area contributed by atoms with E-state index in [0.29, 0.717) is 0 Å². The van der Waals surface area contributed by atoms with Gasteiger partial charge in [0.25, 0.3) is 0 Å². The van der Waals surface area contributed by atoms with Gasteiger partial charge in [0.15, 0.2) is 0 Å². The summed E-state index contributed by atoms with van der Waals surface area (Å²) in [6.45, 7) is 9.51. The Hall–Kier alpha value is -0.823. The van der Waals surface area contributed by atoms with Gasteiger partial charge in [0.2, 0.25) is 0 Å². The Morgan fingerprint density at radius 3 is 2.07 bits per heavy atom. The summed E-state index contributed by atoms with van der Waals surface area (Å²) in [6.07, 6.45) is 15.6. The van der Waals surface area contributed by atoms with Crippen LogP contribution in [0.1, 0.15) is 19.8 Å². The number of hydrogen-bond donors (Lipinski definition) is 0. The molecule has 0 N–H and O–H groups in total. The number of allylic oxidation sites excluding steroid dienone is 8. The highest BCUT2D eigenvalue weighted by Crippen LogP contribution is 2.24. The number of hydrogen-bond acceptors (Lipinski definition) is 0. The normalized spacial score (nSPS) is 28.0. The van der Waals surface area contributed by atoms with E-state index in [1.54, 1.807) is 5.20 Å². The largest absolute Gasteiger partial charge is 0.0779 e. The molecule has 0 fully saturated rings. The molecule has 0 unspecified atom stereocenters. The Kier molecular flexibility index (Phi) is 4.34. The van der Waals surface area contributed by atoms with Gasteiger partial charge in [-0.25, -0.2) is 0 Å². The summed E-state index contributed by atoms with van der Waals surface area (Å²) >= 11 is 0. The first kappa shape index (κ1) is 12.2. The molecule has 0 aromatic carbocycles. The van der Waals surface area contributed by atoms with E-state index in [2.05, 4.69) is 63.0 Å². The second-order valence-corrected chi connectivity index (χ2v) is 10.1. The Morgan fingerprint density at radius 1 is 0.933 bits per heavy atom. The molecule has 1 rings (SSSR count). The molecule has 0 aliphatic heterocycles. The summed E-state index contributed by atoms with van der Waals surface area (Å²) in [4.78, 5) is 0. The maximum Gasteiger partial charge on any atom is 0.0779 e. The zero-order chi connectivity index (χ0) is 11.3. The third kappa shape index (κ3) is 3.67. The van der Waals surface area contributed by atoms with Crippen molar-refractivity contribution in [1.82, 2.24) is 0 Å². The maximum atomic E-state index is 2.42. The molecule has 1 heteroatoms. The molecule has 0 heterocycles. The molecule has 0 saturated heterocycles. The van der Waals surface area contributed by atoms with E-state index < -0.39 is 8.07 Å². The van der Waals surface area contributed by atoms with Crippen LogP contribution in [0.3, 0.4) is 0 Å². The molecule has 0 amide bonds. The fourth-order valence-electron chi connectivity index (χ4n) is 1.87. The Balaban J connectivity index is 3.13. The lowest BCUT2D eigenvalue weighted by molar-refractivity contribution is 0.922. The van der Waals surface area contributed by atoms with Crippen LogP contribution < -0.4 is 0 Å². The Bertz CT molecular complexity index is 322. The van der Waals surface area contributed by atoms with E-state index in [1.165, 1.54) is 18.4 Å². The third-order valence-corrected chi connectivity index (χ3v) is 4.67. The van der Waals surface area contributed by atoms with Gasteiger partial charge in [-0.15, -0.1) is 0 Å². The van der Waals surface area contributed by atoms with Crippen LogP contribution in [0.25, 0.3) is 0 Å². The lowest BCUT2D eigenvalue weighted by Gasteiger charge is -2.22. The summed E-state index contributed by atoms with van der Waals surface area (Å²) in [5.41, 5.74) is 1.54. The standard InChI is InChI=1S/C14H22Si/c1-5-10-13-11-8-6-7-9-12-14(13)15(2,3)4/h6-9,11-12H,5,10H2,1-4H3/b7-6-,8-6?,9-7?,11-8-,12-9-,13-11?,14-12?,14-13+. The van der Waals surface area contributed by atoms with Gasteiger partial charge in [-0.1, -0.05) is 74.6 Å². The fourth-order valence-corrected chi connectivity index (χ4v) is 3.64. The van der Waals surface area contributed by atoms with Crippen LogP contribution in [0.5, 0.6) is 0 Å². The van der Waals surface area contributed by atoms with Gasteiger partial charge in [0.1, 0.15) is 0 Å². The number of rotatable bonds is 3. The first-order valence-electron chi connectivity index (χ1n) is 5.80. The van der Waals surface area contributed by atoms with Crippen molar-refractivity contribution in [2.75, 3.05) is 0 Å². The van der Waals surface area contributed by atoms with E-state index in [9.17, 15) is 0 Å². The van der Waals surface area contributed by atoms with Crippen LogP contribution in [0.2, 0.25) is 19.6 Å². The molecule has 1 aliphatic rings. The SMILES string of the molecule is CCCC1=C([Si](C)(C)C)/C=C\C=C/C=C\1. The fraction of sp³-hybridized carbons (Fsp3) is 0.429. The van der Waals surface area contributed by atoms with Gasteiger partial charge in [-0.2, -0.15) is 0 Å². The highest BCUT2D eigenvalue weighted by atomic mass is 28.3. The molecule has 0 aromatic rings. The van der Waals surface area contributed by atoms with Gasteiger partial charge in [-0.05, 0) is 12.0 Å². The molecule has 0 spiro atoms. The Labute approximate surface area is 95.1 Å². The lowest BCUT2D eigenvalue weighted by atomic mass is 10.1. The van der Waals surface area contributed by atoms with E-state index in [-0.39, 0.29) is 0 Å². The summed E-state index contributed by atoms with van der Waals surface area (Å²) < 4.78 is 0. The van der Waals surface area contributed by atoms with Crippen molar-refractivity contribution in [3.05, 3.63) is 47.2 Å². The summed E-state index contributed by atoms with van der Waals surface area (Å²) in [5.74, 6) is 0.